The summed E-state index contributed by atoms with van der Waals surface area (Å²) in [6, 6.07) is 2.27. The van der Waals surface area contributed by atoms with Crippen molar-refractivity contribution < 1.29 is 14.6 Å². The molecule has 26 heavy (non-hydrogen) atoms. The number of rotatable bonds is 0. The van der Waals surface area contributed by atoms with E-state index < -0.39 is 11.5 Å². The minimum Gasteiger partial charge on any atom is -0.390 e. The molecule has 4 heteroatoms. The van der Waals surface area contributed by atoms with Crippen LogP contribution in [-0.4, -0.2) is 28.2 Å². The van der Waals surface area contributed by atoms with Crippen LogP contribution in [0.2, 0.25) is 0 Å². The van der Waals surface area contributed by atoms with Crippen molar-refractivity contribution in [3.05, 3.63) is 0 Å². The van der Waals surface area contributed by atoms with Crippen molar-refractivity contribution in [2.45, 2.75) is 83.5 Å². The Morgan fingerprint density at radius 3 is 2.50 bits per heavy atom. The zero-order valence-corrected chi connectivity index (χ0v) is 16.4. The molecule has 4 nitrogen and oxygen atoms in total. The number of hydrogen-bond donors (Lipinski definition) is 1. The molecule has 4 aliphatic carbocycles. The monoisotopic (exact) mass is 357 g/mol. The summed E-state index contributed by atoms with van der Waals surface area (Å²) in [4.78, 5) is 12.6. The summed E-state index contributed by atoms with van der Waals surface area (Å²) in [5, 5.41) is 20.6. The Bertz CT molecular complexity index is 725. The molecule has 5 fully saturated rings. The Hall–Kier alpha value is -0.920. The van der Waals surface area contributed by atoms with Crippen LogP contribution in [0, 0.1) is 51.8 Å². The molecule has 0 unspecified atom stereocenters. The molecule has 0 radical (unpaired) electrons. The third-order valence-corrected chi connectivity index (χ3v) is 10.1. The lowest BCUT2D eigenvalue weighted by Gasteiger charge is -2.61. The first kappa shape index (κ1) is 17.2. The predicted molar refractivity (Wildman–Crippen MR) is 95.9 cm³/mol. The highest BCUT2D eigenvalue weighted by Gasteiger charge is 2.80. The Labute approximate surface area is 156 Å². The van der Waals surface area contributed by atoms with Gasteiger partial charge < -0.3 is 9.84 Å². The highest BCUT2D eigenvalue weighted by Crippen LogP contribution is 2.74. The molecule has 0 aromatic rings. The fraction of sp³-hybridized carbons (Fsp3) is 0.909. The van der Waals surface area contributed by atoms with Crippen LogP contribution in [0.4, 0.5) is 0 Å². The second-order valence-corrected chi connectivity index (χ2v) is 10.8. The van der Waals surface area contributed by atoms with E-state index >= 15 is 0 Å². The van der Waals surface area contributed by atoms with E-state index in [1.165, 1.54) is 0 Å². The maximum Gasteiger partial charge on any atom is 0.181 e. The molecular formula is C22H31NO3. The van der Waals surface area contributed by atoms with Crippen molar-refractivity contribution in [2.24, 2.45) is 40.4 Å². The molecule has 1 heterocycles. The zero-order valence-electron chi connectivity index (χ0n) is 16.4. The topological polar surface area (TPSA) is 73.6 Å². The van der Waals surface area contributed by atoms with Gasteiger partial charge in [-0.25, -0.2) is 0 Å². The quantitative estimate of drug-likeness (QED) is 0.674. The van der Waals surface area contributed by atoms with Crippen LogP contribution in [0.25, 0.3) is 0 Å². The average molecular weight is 357 g/mol. The van der Waals surface area contributed by atoms with Gasteiger partial charge in [0.15, 0.2) is 5.78 Å². The number of aliphatic hydroxyl groups is 1. The van der Waals surface area contributed by atoms with Crippen LogP contribution >= 0.6 is 0 Å². The van der Waals surface area contributed by atoms with Crippen LogP contribution in [0.15, 0.2) is 0 Å². The fourth-order valence-corrected chi connectivity index (χ4v) is 8.45. The van der Waals surface area contributed by atoms with Crippen LogP contribution in [-0.2, 0) is 9.53 Å². The first-order chi connectivity index (χ1) is 12.1. The number of epoxide rings is 1. The number of nitrogens with zero attached hydrogens (tertiary/aromatic N) is 1. The molecule has 1 saturated heterocycles. The number of Topliss-reactive ketones (excluding diaryl/α,β-unsaturated/α-hetero) is 1. The molecule has 10 atom stereocenters. The smallest absolute Gasteiger partial charge is 0.181 e. The molecule has 1 N–H and O–H groups in total. The lowest BCUT2D eigenvalue weighted by Crippen LogP contribution is -2.63. The van der Waals surface area contributed by atoms with Crippen molar-refractivity contribution in [1.82, 2.24) is 0 Å². The van der Waals surface area contributed by atoms with Crippen molar-refractivity contribution in [3.8, 4) is 6.07 Å². The first-order valence-electron chi connectivity index (χ1n) is 10.5. The molecule has 0 amide bonds. The van der Waals surface area contributed by atoms with Crippen LogP contribution < -0.4 is 0 Å². The van der Waals surface area contributed by atoms with E-state index in [1.54, 1.807) is 0 Å². The summed E-state index contributed by atoms with van der Waals surface area (Å²) in [5.41, 5.74) is -0.993. The fourth-order valence-electron chi connectivity index (χ4n) is 8.45. The summed E-state index contributed by atoms with van der Waals surface area (Å²) in [5.74, 6) is 1.48. The van der Waals surface area contributed by atoms with E-state index in [4.69, 9.17) is 4.74 Å². The second-order valence-electron chi connectivity index (χ2n) is 10.8. The van der Waals surface area contributed by atoms with Crippen molar-refractivity contribution in [1.29, 1.82) is 5.26 Å². The van der Waals surface area contributed by atoms with E-state index in [0.717, 1.165) is 32.1 Å². The number of fused-ring (bicyclic) bond motifs is 4. The Balaban J connectivity index is 1.56. The molecule has 5 rings (SSSR count). The minimum atomic E-state index is -0.571. The normalized spacial score (nSPS) is 63.2. The van der Waals surface area contributed by atoms with Gasteiger partial charge in [0.05, 0.1) is 11.7 Å². The number of nitriles is 1. The molecule has 0 bridgehead atoms. The minimum absolute atomic E-state index is 0.00231. The Morgan fingerprint density at radius 1 is 1.15 bits per heavy atom. The van der Waals surface area contributed by atoms with Crippen LogP contribution in [0.1, 0.15) is 66.2 Å². The molecule has 1 spiro atoms. The largest absolute Gasteiger partial charge is 0.390 e. The second kappa shape index (κ2) is 4.73. The van der Waals surface area contributed by atoms with Gasteiger partial charge in [-0.2, -0.15) is 5.26 Å². The SMILES string of the molecule is C[C@H]1C[C@H]2[C@@H]3CC[C@](C)(O)[C@@]3(C)CC[C@@H]2[C@@]2(C)C[C@@H](C#N)C(=O)[C@H]3O[C@@]312. The lowest BCUT2D eigenvalue weighted by molar-refractivity contribution is -0.163. The maximum atomic E-state index is 12.6. The van der Waals surface area contributed by atoms with Gasteiger partial charge in [-0.05, 0) is 74.5 Å². The molecular weight excluding hydrogens is 326 g/mol. The predicted octanol–water partition coefficient (Wildman–Crippen LogP) is 3.48. The molecule has 0 aromatic carbocycles. The summed E-state index contributed by atoms with van der Waals surface area (Å²) in [6.45, 7) is 8.91. The Morgan fingerprint density at radius 2 is 1.81 bits per heavy atom. The first-order valence-corrected chi connectivity index (χ1v) is 10.5. The number of ether oxygens (including phenoxy) is 1. The summed E-state index contributed by atoms with van der Waals surface area (Å²) in [7, 11) is 0. The van der Waals surface area contributed by atoms with E-state index in [1.807, 2.05) is 6.92 Å². The lowest BCUT2D eigenvalue weighted by atomic mass is 9.41. The highest BCUT2D eigenvalue weighted by molar-refractivity contribution is 5.92. The summed E-state index contributed by atoms with van der Waals surface area (Å²) < 4.78 is 6.21. The molecule has 0 aromatic heterocycles. The molecule has 1 aliphatic heterocycles. The van der Waals surface area contributed by atoms with E-state index in [-0.39, 0.29) is 28.3 Å². The van der Waals surface area contributed by atoms with Gasteiger partial charge in [-0.3, -0.25) is 4.79 Å². The third kappa shape index (κ3) is 1.63. The summed E-state index contributed by atoms with van der Waals surface area (Å²) >= 11 is 0. The van der Waals surface area contributed by atoms with Crippen LogP contribution in [0.5, 0.6) is 0 Å². The molecule has 4 saturated carbocycles. The Kier molecular flexibility index (Phi) is 3.13. The van der Waals surface area contributed by atoms with Crippen molar-refractivity contribution >= 4 is 5.78 Å². The van der Waals surface area contributed by atoms with Gasteiger partial charge >= 0.3 is 0 Å². The van der Waals surface area contributed by atoms with E-state index in [0.29, 0.717) is 30.1 Å². The highest BCUT2D eigenvalue weighted by atomic mass is 16.6. The maximum absolute atomic E-state index is 12.6. The van der Waals surface area contributed by atoms with E-state index in [2.05, 4.69) is 26.8 Å². The van der Waals surface area contributed by atoms with Crippen molar-refractivity contribution in [3.63, 3.8) is 0 Å². The standard InChI is InChI=1S/C22H31NO3/c1-12-9-14-15-6-8-21(4,25)19(15,2)7-5-16(14)20(3)10-13(11-23)17(24)18-22(12,20)26-18/h12-16,18,25H,5-10H2,1-4H3/t12-,13-,14-,15-,16-,18+,19-,20+,21-,22+/m0/s1. The number of hydrogen-bond acceptors (Lipinski definition) is 4. The van der Waals surface area contributed by atoms with Gasteiger partial charge in [0, 0.05) is 5.41 Å². The average Bonchev–Trinajstić information content (AvgIpc) is 3.29. The van der Waals surface area contributed by atoms with Gasteiger partial charge in [-0.15, -0.1) is 0 Å². The van der Waals surface area contributed by atoms with Gasteiger partial charge in [0.1, 0.15) is 17.6 Å². The van der Waals surface area contributed by atoms with Crippen molar-refractivity contribution in [2.75, 3.05) is 0 Å². The van der Waals surface area contributed by atoms with Gasteiger partial charge in [0.25, 0.3) is 0 Å². The molecule has 142 valence electrons. The van der Waals surface area contributed by atoms with E-state index in [9.17, 15) is 15.2 Å². The zero-order chi connectivity index (χ0) is 18.7. The summed E-state index contributed by atoms with van der Waals surface area (Å²) in [6.07, 6.45) is 5.53. The number of carbonyl (C=O) groups excluding carboxylic acids is 1. The van der Waals surface area contributed by atoms with Crippen LogP contribution in [0.3, 0.4) is 0 Å². The third-order valence-electron chi connectivity index (χ3n) is 10.1. The molecule has 5 aliphatic rings. The van der Waals surface area contributed by atoms with Gasteiger partial charge in [0.2, 0.25) is 0 Å². The number of carbonyl (C=O) groups is 1. The van der Waals surface area contributed by atoms with Gasteiger partial charge in [-0.1, -0.05) is 20.8 Å². The number of ketones is 1.